The van der Waals surface area contributed by atoms with E-state index in [0.717, 1.165) is 0 Å². The van der Waals surface area contributed by atoms with Gasteiger partial charge in [-0.2, -0.15) is 0 Å². The Bertz CT molecular complexity index is 440. The maximum absolute atomic E-state index is 12.5. The number of amides is 2. The molecule has 2 heterocycles. The SMILES string of the molecule is COC(=O)C1CCN(C(=O)N2CC(OC)CC2C(=O)O)C1. The number of carbonyl (C=O) groups is 3. The summed E-state index contributed by atoms with van der Waals surface area (Å²) in [6.45, 7) is 0.955. The van der Waals surface area contributed by atoms with Crippen LogP contribution >= 0.6 is 0 Å². The zero-order valence-electron chi connectivity index (χ0n) is 12.2. The molecule has 8 nitrogen and oxygen atoms in total. The highest BCUT2D eigenvalue weighted by Crippen LogP contribution is 2.25. The number of carboxylic acids is 1. The van der Waals surface area contributed by atoms with Crippen molar-refractivity contribution in [2.75, 3.05) is 33.9 Å². The van der Waals surface area contributed by atoms with Gasteiger partial charge in [0.25, 0.3) is 0 Å². The number of carboxylic acid groups (broad SMARTS) is 1. The van der Waals surface area contributed by atoms with E-state index in [-0.39, 0.29) is 43.5 Å². The molecule has 2 rings (SSSR count). The van der Waals surface area contributed by atoms with Gasteiger partial charge in [0, 0.05) is 33.2 Å². The smallest absolute Gasteiger partial charge is 0.326 e. The van der Waals surface area contributed by atoms with E-state index < -0.39 is 12.0 Å². The van der Waals surface area contributed by atoms with Crippen LogP contribution in [0.5, 0.6) is 0 Å². The largest absolute Gasteiger partial charge is 0.480 e. The lowest BCUT2D eigenvalue weighted by molar-refractivity contribution is -0.145. The minimum absolute atomic E-state index is 0.256. The van der Waals surface area contributed by atoms with E-state index in [2.05, 4.69) is 4.74 Å². The summed E-state index contributed by atoms with van der Waals surface area (Å²) in [5.74, 6) is -1.70. The Balaban J connectivity index is 2.02. The van der Waals surface area contributed by atoms with E-state index in [1.54, 1.807) is 0 Å². The summed E-state index contributed by atoms with van der Waals surface area (Å²) in [5, 5.41) is 9.22. The van der Waals surface area contributed by atoms with Gasteiger partial charge < -0.3 is 24.4 Å². The zero-order chi connectivity index (χ0) is 15.6. The number of urea groups is 1. The molecule has 3 unspecified atom stereocenters. The maximum atomic E-state index is 12.5. The Morgan fingerprint density at radius 1 is 1.19 bits per heavy atom. The predicted octanol–water partition coefficient (Wildman–Crippen LogP) is -0.225. The number of ether oxygens (including phenoxy) is 2. The number of nitrogens with zero attached hydrogens (tertiary/aromatic N) is 2. The molecule has 21 heavy (non-hydrogen) atoms. The lowest BCUT2D eigenvalue weighted by Crippen LogP contribution is -2.47. The van der Waals surface area contributed by atoms with Crippen LogP contribution < -0.4 is 0 Å². The number of methoxy groups -OCH3 is 2. The van der Waals surface area contributed by atoms with Gasteiger partial charge in [0.05, 0.1) is 19.1 Å². The normalized spacial score (nSPS) is 28.8. The van der Waals surface area contributed by atoms with Crippen molar-refractivity contribution in [3.63, 3.8) is 0 Å². The Kier molecular flexibility index (Phi) is 4.66. The van der Waals surface area contributed by atoms with Gasteiger partial charge in [-0.05, 0) is 6.42 Å². The topological polar surface area (TPSA) is 96.4 Å². The van der Waals surface area contributed by atoms with Crippen LogP contribution in [0.1, 0.15) is 12.8 Å². The van der Waals surface area contributed by atoms with Crippen LogP contribution in [0.2, 0.25) is 0 Å². The molecule has 0 aromatic carbocycles. The third-order valence-corrected chi connectivity index (χ3v) is 4.12. The summed E-state index contributed by atoms with van der Waals surface area (Å²) in [6.07, 6.45) is 0.554. The molecule has 0 radical (unpaired) electrons. The van der Waals surface area contributed by atoms with Crippen molar-refractivity contribution in [1.82, 2.24) is 9.80 Å². The second-order valence-corrected chi connectivity index (χ2v) is 5.34. The van der Waals surface area contributed by atoms with Gasteiger partial charge in [0.2, 0.25) is 0 Å². The first-order valence-corrected chi connectivity index (χ1v) is 6.86. The Labute approximate surface area is 122 Å². The lowest BCUT2D eigenvalue weighted by Gasteiger charge is -2.27. The first-order valence-electron chi connectivity index (χ1n) is 6.86. The van der Waals surface area contributed by atoms with Gasteiger partial charge in [-0.15, -0.1) is 0 Å². The molecule has 1 N–H and O–H groups in total. The molecule has 0 aromatic rings. The number of aliphatic carboxylic acids is 1. The minimum atomic E-state index is -1.04. The van der Waals surface area contributed by atoms with Crippen molar-refractivity contribution in [3.8, 4) is 0 Å². The summed E-state index contributed by atoms with van der Waals surface area (Å²) in [5.41, 5.74) is 0. The summed E-state index contributed by atoms with van der Waals surface area (Å²) >= 11 is 0. The quantitative estimate of drug-likeness (QED) is 0.724. The molecule has 0 bridgehead atoms. The van der Waals surface area contributed by atoms with Crippen LogP contribution in [-0.2, 0) is 19.1 Å². The molecule has 0 saturated carbocycles. The fourth-order valence-electron chi connectivity index (χ4n) is 2.89. The molecular weight excluding hydrogens is 280 g/mol. The van der Waals surface area contributed by atoms with Crippen LogP contribution in [0, 0.1) is 5.92 Å². The first-order chi connectivity index (χ1) is 9.97. The fraction of sp³-hybridized carbons (Fsp3) is 0.769. The minimum Gasteiger partial charge on any atom is -0.480 e. The first kappa shape index (κ1) is 15.6. The average molecular weight is 300 g/mol. The molecule has 118 valence electrons. The van der Waals surface area contributed by atoms with Gasteiger partial charge in [-0.25, -0.2) is 9.59 Å². The Hall–Kier alpha value is -1.83. The van der Waals surface area contributed by atoms with Crippen molar-refractivity contribution in [2.24, 2.45) is 5.92 Å². The van der Waals surface area contributed by atoms with Crippen molar-refractivity contribution in [2.45, 2.75) is 25.0 Å². The van der Waals surface area contributed by atoms with Crippen LogP contribution in [-0.4, -0.2) is 78.9 Å². The molecule has 8 heteroatoms. The van der Waals surface area contributed by atoms with Crippen molar-refractivity contribution >= 4 is 18.0 Å². The van der Waals surface area contributed by atoms with Gasteiger partial charge in [-0.3, -0.25) is 4.79 Å². The number of hydrogen-bond acceptors (Lipinski definition) is 5. The highest BCUT2D eigenvalue weighted by atomic mass is 16.5. The van der Waals surface area contributed by atoms with E-state index in [1.165, 1.54) is 24.0 Å². The third-order valence-electron chi connectivity index (χ3n) is 4.12. The summed E-state index contributed by atoms with van der Waals surface area (Å²) in [4.78, 5) is 38.0. The number of carbonyl (C=O) groups excluding carboxylic acids is 2. The van der Waals surface area contributed by atoms with Crippen LogP contribution in [0.25, 0.3) is 0 Å². The summed E-state index contributed by atoms with van der Waals surface area (Å²) in [7, 11) is 2.82. The fourth-order valence-corrected chi connectivity index (χ4v) is 2.89. The Morgan fingerprint density at radius 2 is 1.90 bits per heavy atom. The highest BCUT2D eigenvalue weighted by Gasteiger charge is 2.43. The van der Waals surface area contributed by atoms with Crippen LogP contribution in [0.4, 0.5) is 4.79 Å². The lowest BCUT2D eigenvalue weighted by atomic mass is 10.1. The average Bonchev–Trinajstić information content (AvgIpc) is 3.12. The van der Waals surface area contributed by atoms with Crippen molar-refractivity contribution < 1.29 is 29.0 Å². The maximum Gasteiger partial charge on any atom is 0.326 e. The van der Waals surface area contributed by atoms with E-state index in [9.17, 15) is 19.5 Å². The molecule has 2 aliphatic heterocycles. The Morgan fingerprint density at radius 3 is 2.48 bits per heavy atom. The zero-order valence-corrected chi connectivity index (χ0v) is 12.2. The third kappa shape index (κ3) is 3.10. The molecule has 2 aliphatic rings. The van der Waals surface area contributed by atoms with Gasteiger partial charge in [-0.1, -0.05) is 0 Å². The molecular formula is C13H20N2O6. The molecule has 0 aliphatic carbocycles. The van der Waals surface area contributed by atoms with Crippen molar-refractivity contribution in [1.29, 1.82) is 0 Å². The van der Waals surface area contributed by atoms with Crippen LogP contribution in [0.15, 0.2) is 0 Å². The molecule has 2 fully saturated rings. The van der Waals surface area contributed by atoms with E-state index >= 15 is 0 Å². The number of rotatable bonds is 3. The van der Waals surface area contributed by atoms with Gasteiger partial charge >= 0.3 is 18.0 Å². The molecule has 2 amide bonds. The van der Waals surface area contributed by atoms with Gasteiger partial charge in [0.1, 0.15) is 6.04 Å². The van der Waals surface area contributed by atoms with Crippen LogP contribution in [0.3, 0.4) is 0 Å². The number of likely N-dealkylation sites (tertiary alicyclic amines) is 2. The monoisotopic (exact) mass is 300 g/mol. The van der Waals surface area contributed by atoms with E-state index in [1.807, 2.05) is 0 Å². The predicted molar refractivity (Wildman–Crippen MR) is 70.6 cm³/mol. The van der Waals surface area contributed by atoms with Gasteiger partial charge in [0.15, 0.2) is 0 Å². The van der Waals surface area contributed by atoms with E-state index in [4.69, 9.17) is 4.74 Å². The molecule has 2 saturated heterocycles. The number of esters is 1. The molecule has 3 atom stereocenters. The second kappa shape index (κ2) is 6.30. The summed E-state index contributed by atoms with van der Waals surface area (Å²) in [6, 6.07) is -1.23. The number of hydrogen-bond donors (Lipinski definition) is 1. The van der Waals surface area contributed by atoms with E-state index in [0.29, 0.717) is 13.0 Å². The summed E-state index contributed by atoms with van der Waals surface area (Å²) < 4.78 is 9.84. The second-order valence-electron chi connectivity index (χ2n) is 5.34. The standard InChI is InChI=1S/C13H20N2O6/c1-20-9-5-10(11(16)17)15(7-9)13(19)14-4-3-8(6-14)12(18)21-2/h8-10H,3-7H2,1-2H3,(H,16,17). The molecule has 0 aromatic heterocycles. The van der Waals surface area contributed by atoms with Crippen molar-refractivity contribution in [3.05, 3.63) is 0 Å². The highest BCUT2D eigenvalue weighted by molar-refractivity contribution is 5.84. The molecule has 0 spiro atoms.